The Kier molecular flexibility index (Phi) is 5.51. The van der Waals surface area contributed by atoms with Gasteiger partial charge >= 0.3 is 6.03 Å². The molecule has 1 spiro atoms. The Bertz CT molecular complexity index is 666. The summed E-state index contributed by atoms with van der Waals surface area (Å²) in [6, 6.07) is 7.71. The van der Waals surface area contributed by atoms with Gasteiger partial charge in [-0.05, 0) is 43.4 Å². The number of carbonyl (C=O) groups is 2. The Morgan fingerprint density at radius 3 is 2.65 bits per heavy atom. The SMILES string of the molecule is Cc1cccc(NC(=O)N2CCC3(CC2)C(=O)NCCN3CC(C)C)c1. The van der Waals surface area contributed by atoms with Crippen molar-refractivity contribution in [3.8, 4) is 0 Å². The standard InChI is InChI=1S/C20H30N4O2/c1-15(2)14-24-12-9-21-18(25)20(24)7-10-23(11-8-20)19(26)22-17-6-4-5-16(3)13-17/h4-6,13,15H,7-12,14H2,1-3H3,(H,21,25)(H,22,26). The fourth-order valence-corrected chi connectivity index (χ4v) is 4.08. The fraction of sp³-hybridized carbons (Fsp3) is 0.600. The monoisotopic (exact) mass is 358 g/mol. The Morgan fingerprint density at radius 2 is 2.00 bits per heavy atom. The van der Waals surface area contributed by atoms with Crippen molar-refractivity contribution in [3.05, 3.63) is 29.8 Å². The molecule has 0 saturated carbocycles. The van der Waals surface area contributed by atoms with Crippen LogP contribution < -0.4 is 10.6 Å². The molecule has 2 N–H and O–H groups in total. The van der Waals surface area contributed by atoms with Gasteiger partial charge in [0.05, 0.1) is 0 Å². The van der Waals surface area contributed by atoms with Crippen LogP contribution in [0.5, 0.6) is 0 Å². The van der Waals surface area contributed by atoms with Crippen molar-refractivity contribution < 1.29 is 9.59 Å². The molecule has 3 amide bonds. The molecule has 2 aliphatic rings. The number of amides is 3. The summed E-state index contributed by atoms with van der Waals surface area (Å²) >= 11 is 0. The Balaban J connectivity index is 1.65. The van der Waals surface area contributed by atoms with Crippen LogP contribution in [0.1, 0.15) is 32.3 Å². The molecular formula is C20H30N4O2. The number of likely N-dealkylation sites (tertiary alicyclic amines) is 1. The molecule has 2 aliphatic heterocycles. The highest BCUT2D eigenvalue weighted by Crippen LogP contribution is 2.32. The number of piperidine rings is 1. The summed E-state index contributed by atoms with van der Waals surface area (Å²) in [4.78, 5) is 29.4. The third-order valence-corrected chi connectivity index (χ3v) is 5.43. The summed E-state index contributed by atoms with van der Waals surface area (Å²) in [6.07, 6.45) is 1.37. The topological polar surface area (TPSA) is 64.7 Å². The van der Waals surface area contributed by atoms with Gasteiger partial charge in [0.1, 0.15) is 5.54 Å². The normalized spacial score (nSPS) is 20.3. The zero-order valence-electron chi connectivity index (χ0n) is 16.0. The largest absolute Gasteiger partial charge is 0.353 e. The number of anilines is 1. The minimum Gasteiger partial charge on any atom is -0.353 e. The van der Waals surface area contributed by atoms with E-state index in [-0.39, 0.29) is 11.9 Å². The highest BCUT2D eigenvalue weighted by atomic mass is 16.2. The molecular weight excluding hydrogens is 328 g/mol. The van der Waals surface area contributed by atoms with Crippen molar-refractivity contribution in [2.45, 2.75) is 39.2 Å². The first kappa shape index (κ1) is 18.7. The maximum atomic E-state index is 12.7. The van der Waals surface area contributed by atoms with Crippen LogP contribution in [0.25, 0.3) is 0 Å². The maximum Gasteiger partial charge on any atom is 0.321 e. The van der Waals surface area contributed by atoms with Crippen molar-refractivity contribution >= 4 is 17.6 Å². The van der Waals surface area contributed by atoms with Crippen LogP contribution in [-0.2, 0) is 4.79 Å². The van der Waals surface area contributed by atoms with Crippen LogP contribution >= 0.6 is 0 Å². The number of rotatable bonds is 3. The number of urea groups is 1. The van der Waals surface area contributed by atoms with Gasteiger partial charge in [0.2, 0.25) is 5.91 Å². The maximum absolute atomic E-state index is 12.7. The second kappa shape index (κ2) is 7.66. The quantitative estimate of drug-likeness (QED) is 0.872. The van der Waals surface area contributed by atoms with E-state index in [1.807, 2.05) is 36.1 Å². The number of hydrogen-bond acceptors (Lipinski definition) is 3. The average molecular weight is 358 g/mol. The summed E-state index contributed by atoms with van der Waals surface area (Å²) in [6.45, 7) is 10.1. The van der Waals surface area contributed by atoms with E-state index < -0.39 is 5.54 Å². The van der Waals surface area contributed by atoms with E-state index in [1.54, 1.807) is 0 Å². The van der Waals surface area contributed by atoms with Crippen molar-refractivity contribution in [2.75, 3.05) is 38.0 Å². The second-order valence-electron chi connectivity index (χ2n) is 7.91. The third-order valence-electron chi connectivity index (χ3n) is 5.43. The minimum atomic E-state index is -0.456. The number of aryl methyl sites for hydroxylation is 1. The molecule has 3 rings (SSSR count). The lowest BCUT2D eigenvalue weighted by Gasteiger charge is -2.50. The summed E-state index contributed by atoms with van der Waals surface area (Å²) in [5.74, 6) is 0.642. The molecule has 6 heteroatoms. The zero-order chi connectivity index (χ0) is 18.7. The molecule has 0 aromatic heterocycles. The Labute approximate surface area is 155 Å². The Hall–Kier alpha value is -2.08. The van der Waals surface area contributed by atoms with Gasteiger partial charge in [-0.1, -0.05) is 26.0 Å². The summed E-state index contributed by atoms with van der Waals surface area (Å²) in [7, 11) is 0. The van der Waals surface area contributed by atoms with E-state index in [1.165, 1.54) is 0 Å². The molecule has 2 heterocycles. The van der Waals surface area contributed by atoms with Gasteiger partial charge in [0.15, 0.2) is 0 Å². The van der Waals surface area contributed by atoms with E-state index in [9.17, 15) is 9.59 Å². The van der Waals surface area contributed by atoms with E-state index in [4.69, 9.17) is 0 Å². The Morgan fingerprint density at radius 1 is 1.27 bits per heavy atom. The van der Waals surface area contributed by atoms with Gasteiger partial charge in [-0.2, -0.15) is 0 Å². The lowest BCUT2D eigenvalue weighted by molar-refractivity contribution is -0.141. The highest BCUT2D eigenvalue weighted by molar-refractivity contribution is 5.91. The van der Waals surface area contributed by atoms with Crippen LogP contribution in [0.3, 0.4) is 0 Å². The fourth-order valence-electron chi connectivity index (χ4n) is 4.08. The van der Waals surface area contributed by atoms with E-state index >= 15 is 0 Å². The first-order chi connectivity index (χ1) is 12.4. The number of piperazine rings is 1. The van der Waals surface area contributed by atoms with Crippen LogP contribution in [0, 0.1) is 12.8 Å². The van der Waals surface area contributed by atoms with Gasteiger partial charge < -0.3 is 15.5 Å². The molecule has 2 fully saturated rings. The van der Waals surface area contributed by atoms with Gasteiger partial charge in [-0.3, -0.25) is 9.69 Å². The predicted octanol–water partition coefficient (Wildman–Crippen LogP) is 2.45. The first-order valence-corrected chi connectivity index (χ1v) is 9.57. The van der Waals surface area contributed by atoms with Crippen molar-refractivity contribution in [3.63, 3.8) is 0 Å². The van der Waals surface area contributed by atoms with E-state index in [0.29, 0.717) is 38.4 Å². The third kappa shape index (κ3) is 3.85. The smallest absolute Gasteiger partial charge is 0.321 e. The summed E-state index contributed by atoms with van der Waals surface area (Å²) in [5.41, 5.74) is 1.47. The number of nitrogens with zero attached hydrogens (tertiary/aromatic N) is 2. The lowest BCUT2D eigenvalue weighted by Crippen LogP contribution is -2.68. The van der Waals surface area contributed by atoms with Crippen molar-refractivity contribution in [1.29, 1.82) is 0 Å². The number of benzene rings is 1. The van der Waals surface area contributed by atoms with Crippen molar-refractivity contribution in [2.24, 2.45) is 5.92 Å². The molecule has 0 aliphatic carbocycles. The summed E-state index contributed by atoms with van der Waals surface area (Å²) in [5, 5.41) is 6.01. The molecule has 0 radical (unpaired) electrons. The predicted molar refractivity (Wildman–Crippen MR) is 103 cm³/mol. The van der Waals surface area contributed by atoms with Gasteiger partial charge in [-0.15, -0.1) is 0 Å². The van der Waals surface area contributed by atoms with Crippen LogP contribution in [0.15, 0.2) is 24.3 Å². The number of hydrogen-bond donors (Lipinski definition) is 2. The van der Waals surface area contributed by atoms with Crippen LogP contribution in [0.2, 0.25) is 0 Å². The minimum absolute atomic E-state index is 0.0860. The molecule has 0 atom stereocenters. The number of nitrogens with one attached hydrogen (secondary N) is 2. The molecule has 6 nitrogen and oxygen atoms in total. The molecule has 142 valence electrons. The van der Waals surface area contributed by atoms with Crippen LogP contribution in [0.4, 0.5) is 10.5 Å². The molecule has 2 saturated heterocycles. The number of carbonyl (C=O) groups excluding carboxylic acids is 2. The van der Waals surface area contributed by atoms with Gasteiger partial charge in [0.25, 0.3) is 0 Å². The zero-order valence-corrected chi connectivity index (χ0v) is 16.0. The van der Waals surface area contributed by atoms with E-state index in [2.05, 4.69) is 29.4 Å². The summed E-state index contributed by atoms with van der Waals surface area (Å²) < 4.78 is 0. The molecule has 1 aromatic rings. The van der Waals surface area contributed by atoms with Crippen molar-refractivity contribution in [1.82, 2.24) is 15.1 Å². The second-order valence-corrected chi connectivity index (χ2v) is 7.91. The molecule has 1 aromatic carbocycles. The van der Waals surface area contributed by atoms with Gasteiger partial charge in [-0.25, -0.2) is 4.79 Å². The van der Waals surface area contributed by atoms with E-state index in [0.717, 1.165) is 24.3 Å². The van der Waals surface area contributed by atoms with Gasteiger partial charge in [0, 0.05) is 38.4 Å². The highest BCUT2D eigenvalue weighted by Gasteiger charge is 2.48. The molecule has 0 unspecified atom stereocenters. The lowest BCUT2D eigenvalue weighted by atomic mass is 9.82. The van der Waals surface area contributed by atoms with Crippen LogP contribution in [-0.4, -0.2) is 60.0 Å². The molecule has 0 bridgehead atoms. The first-order valence-electron chi connectivity index (χ1n) is 9.57. The molecule has 26 heavy (non-hydrogen) atoms. The average Bonchev–Trinajstić information content (AvgIpc) is 2.59.